The highest BCUT2D eigenvalue weighted by atomic mass is 32.2. The van der Waals surface area contributed by atoms with Crippen molar-refractivity contribution in [2.24, 2.45) is 0 Å². The van der Waals surface area contributed by atoms with E-state index in [2.05, 4.69) is 16.3 Å². The van der Waals surface area contributed by atoms with Crippen LogP contribution in [-0.2, 0) is 32.7 Å². The Hall–Kier alpha value is -5.14. The molecule has 57 heavy (non-hydrogen) atoms. The predicted molar refractivity (Wildman–Crippen MR) is 208 cm³/mol. The maximum Gasteiger partial charge on any atom is 0.335 e. The lowest BCUT2D eigenvalue weighted by atomic mass is 9.80. The molecule has 1 fully saturated rings. The molecule has 14 nitrogen and oxygen atoms in total. The van der Waals surface area contributed by atoms with E-state index in [0.717, 1.165) is 22.1 Å². The van der Waals surface area contributed by atoms with Gasteiger partial charge in [-0.25, -0.2) is 4.79 Å². The number of phenols is 1. The Bertz CT molecular complexity index is 2410. The molecule has 0 radical (unpaired) electrons. The van der Waals surface area contributed by atoms with Crippen LogP contribution in [0.5, 0.6) is 34.5 Å². The number of nitrogens with one attached hydrogen (secondary N) is 1. The summed E-state index contributed by atoms with van der Waals surface area (Å²) in [4.78, 5) is 32.1. The molecule has 6 aliphatic rings. The van der Waals surface area contributed by atoms with Crippen molar-refractivity contribution in [3.05, 3.63) is 69.0 Å². The molecule has 298 valence electrons. The Morgan fingerprint density at radius 1 is 1.09 bits per heavy atom. The van der Waals surface area contributed by atoms with Gasteiger partial charge < -0.3 is 42.8 Å². The third kappa shape index (κ3) is 5.41. The highest BCUT2D eigenvalue weighted by Crippen LogP contribution is 2.63. The zero-order chi connectivity index (χ0) is 40.1. The van der Waals surface area contributed by atoms with E-state index >= 15 is 0 Å². The fourth-order valence-corrected chi connectivity index (χ4v) is 11.6. The first-order valence-electron chi connectivity index (χ1n) is 18.9. The molecule has 1 unspecified atom stereocenters. The van der Waals surface area contributed by atoms with Crippen molar-refractivity contribution < 1.29 is 47.5 Å². The number of methoxy groups -OCH3 is 2. The number of esters is 2. The average molecular weight is 797 g/mol. The summed E-state index contributed by atoms with van der Waals surface area (Å²) in [5, 5.41) is 27.0. The third-order valence-electron chi connectivity index (χ3n) is 12.2. The van der Waals surface area contributed by atoms with Gasteiger partial charge in [0.05, 0.1) is 37.6 Å². The maximum atomic E-state index is 14.9. The number of carbonyl (C=O) groups is 2. The fraction of sp³-hybridized carbons (Fsp3) is 0.452. The van der Waals surface area contributed by atoms with E-state index < -0.39 is 46.9 Å². The number of nitrogens with zero attached hydrogens (tertiary/aromatic N) is 3. The number of hydrogen-bond donors (Lipinski definition) is 2. The minimum atomic E-state index is -1.41. The standard InChI is InChI=1S/C42H44N4O10S/c1-19-12-22-13-23(15-43)46-27-16-52-41(49)42(40-25(10-11-44-42)26-14-24(50-6)8-9-28(26)56-40)17-57-39(33(46)32(45(4)5)29(22)34(48)35(19)51-7)31-30(27)38-37(53-18-54-38)20(2)36(31)55-21(3)47/h8-9,12,14,23,27,32-33,39,44,48H,10-11,13,16-18H2,1-7H3/t23-,27+,32-,33?,39-,42-/m1/s1. The van der Waals surface area contributed by atoms with Gasteiger partial charge in [-0.05, 0) is 63.7 Å². The van der Waals surface area contributed by atoms with E-state index in [0.29, 0.717) is 75.3 Å². The van der Waals surface area contributed by atoms with Crippen LogP contribution in [0, 0.1) is 25.2 Å². The van der Waals surface area contributed by atoms with Crippen LogP contribution in [0.1, 0.15) is 69.0 Å². The number of hydrogen-bond acceptors (Lipinski definition) is 15. The molecule has 6 atom stereocenters. The van der Waals surface area contributed by atoms with Gasteiger partial charge in [-0.1, -0.05) is 6.07 Å². The summed E-state index contributed by atoms with van der Waals surface area (Å²) in [5.74, 6) is 1.85. The first kappa shape index (κ1) is 37.4. The van der Waals surface area contributed by atoms with Crippen molar-refractivity contribution in [2.75, 3.05) is 54.0 Å². The molecule has 6 aliphatic heterocycles. The molecule has 7 heterocycles. The number of nitriles is 1. The second-order valence-corrected chi connectivity index (χ2v) is 16.6. The molecule has 1 spiro atoms. The number of aryl methyl sites for hydroxylation is 1. The van der Waals surface area contributed by atoms with Gasteiger partial charge in [0.1, 0.15) is 35.5 Å². The van der Waals surface area contributed by atoms with Crippen LogP contribution < -0.4 is 29.0 Å². The monoisotopic (exact) mass is 796 g/mol. The second kappa shape index (κ2) is 13.8. The summed E-state index contributed by atoms with van der Waals surface area (Å²) < 4.78 is 42.9. The number of phenolic OH excluding ortho intramolecular Hbond substituents is 1. The molecule has 4 aromatic rings. The number of thioether (sulfide) groups is 1. The van der Waals surface area contributed by atoms with Crippen LogP contribution in [0.25, 0.3) is 11.0 Å². The maximum absolute atomic E-state index is 14.9. The molecule has 1 aromatic heterocycles. The van der Waals surface area contributed by atoms with Gasteiger partial charge in [-0.2, -0.15) is 5.26 Å². The number of benzene rings is 3. The molecular formula is C42H44N4O10S. The van der Waals surface area contributed by atoms with Crippen LogP contribution in [0.15, 0.2) is 28.7 Å². The first-order valence-corrected chi connectivity index (χ1v) is 20.0. The van der Waals surface area contributed by atoms with E-state index in [1.807, 2.05) is 57.1 Å². The number of rotatable bonds is 4. The number of likely N-dealkylation sites (N-methyl/N-ethyl adjacent to an activating group) is 1. The lowest BCUT2D eigenvalue weighted by Gasteiger charge is -2.53. The smallest absolute Gasteiger partial charge is 0.335 e. The molecular weight excluding hydrogens is 753 g/mol. The Morgan fingerprint density at radius 3 is 2.60 bits per heavy atom. The summed E-state index contributed by atoms with van der Waals surface area (Å²) in [6, 6.07) is 7.54. The van der Waals surface area contributed by atoms with Crippen LogP contribution in [0.2, 0.25) is 0 Å². The van der Waals surface area contributed by atoms with Crippen LogP contribution >= 0.6 is 11.8 Å². The van der Waals surface area contributed by atoms with Crippen molar-refractivity contribution in [3.63, 3.8) is 0 Å². The molecule has 2 N–H and O–H groups in total. The molecule has 2 bridgehead atoms. The highest BCUT2D eigenvalue weighted by molar-refractivity contribution is 7.99. The zero-order valence-corrected chi connectivity index (χ0v) is 33.6. The quantitative estimate of drug-likeness (QED) is 0.202. The predicted octanol–water partition coefficient (Wildman–Crippen LogP) is 5.28. The van der Waals surface area contributed by atoms with Crippen molar-refractivity contribution in [1.29, 1.82) is 5.26 Å². The van der Waals surface area contributed by atoms with Gasteiger partial charge >= 0.3 is 11.9 Å². The minimum Gasteiger partial charge on any atom is -0.504 e. The van der Waals surface area contributed by atoms with Crippen molar-refractivity contribution >= 4 is 34.7 Å². The lowest BCUT2D eigenvalue weighted by molar-refractivity contribution is -0.155. The van der Waals surface area contributed by atoms with Crippen LogP contribution in [-0.4, -0.2) is 92.9 Å². The largest absolute Gasteiger partial charge is 0.504 e. The minimum absolute atomic E-state index is 0.00389. The number of ether oxygens (including phenoxy) is 6. The SMILES string of the molecule is COc1ccc2oc3c(c2c1)CCN[C@]31CS[C@@H]2c3c(OC(C)=O)c(C)c4c(c3[C@H](COC1=O)N1C2[C@H](N(C)C)c2c(cc(C)c(OC)c2O)C[C@@H]1C#N)OCO4. The zero-order valence-electron chi connectivity index (χ0n) is 32.8. The summed E-state index contributed by atoms with van der Waals surface area (Å²) in [6.45, 7) is 5.29. The van der Waals surface area contributed by atoms with Gasteiger partial charge in [0.15, 0.2) is 28.5 Å². The highest BCUT2D eigenvalue weighted by Gasteiger charge is 2.58. The van der Waals surface area contributed by atoms with Gasteiger partial charge in [-0.3, -0.25) is 15.0 Å². The molecule has 0 amide bonds. The number of aromatic hydroxyl groups is 1. The Kier molecular flexibility index (Phi) is 9.04. The summed E-state index contributed by atoms with van der Waals surface area (Å²) in [6.07, 6.45) is 0.880. The van der Waals surface area contributed by atoms with Gasteiger partial charge in [0, 0.05) is 64.9 Å². The number of furan rings is 1. The normalized spacial score (nSPS) is 26.2. The summed E-state index contributed by atoms with van der Waals surface area (Å²) >= 11 is 1.48. The molecule has 1 saturated heterocycles. The van der Waals surface area contributed by atoms with Crippen molar-refractivity contribution in [3.8, 4) is 40.6 Å². The number of carbonyl (C=O) groups excluding carboxylic acids is 2. The van der Waals surface area contributed by atoms with Crippen molar-refractivity contribution in [2.45, 2.75) is 68.6 Å². The summed E-state index contributed by atoms with van der Waals surface area (Å²) in [7, 11) is 7.03. The van der Waals surface area contributed by atoms with E-state index in [4.69, 9.17) is 32.8 Å². The molecule has 0 saturated carbocycles. The van der Waals surface area contributed by atoms with Crippen LogP contribution in [0.4, 0.5) is 0 Å². The molecule has 10 rings (SSSR count). The lowest BCUT2D eigenvalue weighted by Crippen LogP contribution is -2.59. The molecule has 3 aromatic carbocycles. The molecule has 0 aliphatic carbocycles. The van der Waals surface area contributed by atoms with E-state index in [1.165, 1.54) is 25.8 Å². The van der Waals surface area contributed by atoms with Gasteiger partial charge in [0.2, 0.25) is 6.79 Å². The third-order valence-corrected chi connectivity index (χ3v) is 13.7. The van der Waals surface area contributed by atoms with E-state index in [1.54, 1.807) is 7.11 Å². The van der Waals surface area contributed by atoms with E-state index in [9.17, 15) is 20.0 Å². The topological polar surface area (TPSA) is 165 Å². The first-order chi connectivity index (χ1) is 27.4. The number of fused-ring (bicyclic) bond motifs is 8. The van der Waals surface area contributed by atoms with Crippen LogP contribution in [0.3, 0.4) is 0 Å². The fourth-order valence-electron chi connectivity index (χ4n) is 9.93. The Morgan fingerprint density at radius 2 is 1.88 bits per heavy atom. The van der Waals surface area contributed by atoms with Gasteiger partial charge in [0.25, 0.3) is 0 Å². The average Bonchev–Trinajstić information content (AvgIpc) is 3.80. The Balaban J connectivity index is 1.33. The molecule has 15 heteroatoms. The Labute approximate surface area is 333 Å². The van der Waals surface area contributed by atoms with E-state index in [-0.39, 0.29) is 31.3 Å². The van der Waals surface area contributed by atoms with Crippen molar-refractivity contribution in [1.82, 2.24) is 15.1 Å². The van der Waals surface area contributed by atoms with Gasteiger partial charge in [-0.15, -0.1) is 11.8 Å². The second-order valence-electron chi connectivity index (χ2n) is 15.5. The summed E-state index contributed by atoms with van der Waals surface area (Å²) in [5.41, 5.74) is 4.21.